The van der Waals surface area contributed by atoms with Crippen LogP contribution in [0.2, 0.25) is 0 Å². The number of anilines is 2. The first kappa shape index (κ1) is 16.1. The minimum atomic E-state index is -0.969. The number of carboxylic acid groups (broad SMARTS) is 1. The molecule has 0 saturated heterocycles. The van der Waals surface area contributed by atoms with E-state index in [1.54, 1.807) is 12.3 Å². The molecule has 0 bridgehead atoms. The van der Waals surface area contributed by atoms with Gasteiger partial charge in [-0.1, -0.05) is 19.4 Å². The normalized spacial score (nSPS) is 10.9. The first-order valence-corrected chi connectivity index (χ1v) is 8.13. The predicted molar refractivity (Wildman–Crippen MR) is 96.0 cm³/mol. The summed E-state index contributed by atoms with van der Waals surface area (Å²) in [5, 5.41) is 13.8. The molecule has 2 aromatic heterocycles. The van der Waals surface area contributed by atoms with Crippen molar-refractivity contribution in [2.24, 2.45) is 7.05 Å². The molecule has 124 valence electrons. The SMILES string of the molecule is CCCCc1cnc(Nc2ccc3ccn(C)c3c2)c(C(=O)O)c1. The third-order valence-electron chi connectivity index (χ3n) is 4.14. The maximum absolute atomic E-state index is 11.6. The number of nitrogens with zero attached hydrogens (tertiary/aromatic N) is 2. The summed E-state index contributed by atoms with van der Waals surface area (Å²) in [6.07, 6.45) is 6.69. The van der Waals surface area contributed by atoms with Crippen molar-refractivity contribution in [1.82, 2.24) is 9.55 Å². The average Bonchev–Trinajstić information content (AvgIpc) is 2.94. The molecule has 0 spiro atoms. The van der Waals surface area contributed by atoms with Gasteiger partial charge in [-0.2, -0.15) is 0 Å². The van der Waals surface area contributed by atoms with Crippen LogP contribution in [0.15, 0.2) is 42.7 Å². The van der Waals surface area contributed by atoms with Crippen LogP contribution in [0.1, 0.15) is 35.7 Å². The van der Waals surface area contributed by atoms with E-state index in [1.165, 1.54) is 0 Å². The Morgan fingerprint density at radius 3 is 2.88 bits per heavy atom. The number of carbonyl (C=O) groups is 1. The number of benzene rings is 1. The van der Waals surface area contributed by atoms with Crippen LogP contribution in [0.3, 0.4) is 0 Å². The Hall–Kier alpha value is -2.82. The molecular weight excluding hydrogens is 302 g/mol. The zero-order valence-corrected chi connectivity index (χ0v) is 13.9. The fraction of sp³-hybridized carbons (Fsp3) is 0.263. The van der Waals surface area contributed by atoms with E-state index in [4.69, 9.17) is 0 Å². The molecule has 0 radical (unpaired) electrons. The summed E-state index contributed by atoms with van der Waals surface area (Å²) >= 11 is 0. The molecule has 5 heteroatoms. The summed E-state index contributed by atoms with van der Waals surface area (Å²) in [5.41, 5.74) is 3.06. The Morgan fingerprint density at radius 2 is 2.12 bits per heavy atom. The van der Waals surface area contributed by atoms with Gasteiger partial charge in [0, 0.05) is 30.6 Å². The minimum absolute atomic E-state index is 0.204. The summed E-state index contributed by atoms with van der Waals surface area (Å²) in [6, 6.07) is 9.69. The molecule has 2 N–H and O–H groups in total. The monoisotopic (exact) mass is 323 g/mol. The standard InChI is InChI=1S/C19H21N3O2/c1-3-4-5-13-10-16(19(23)24)18(20-12-13)21-15-7-6-14-8-9-22(2)17(14)11-15/h6-12H,3-5H2,1-2H3,(H,20,21)(H,23,24). The van der Waals surface area contributed by atoms with Crippen molar-refractivity contribution in [3.8, 4) is 0 Å². The van der Waals surface area contributed by atoms with E-state index >= 15 is 0 Å². The second kappa shape index (κ2) is 6.74. The number of aryl methyl sites for hydroxylation is 2. The highest BCUT2D eigenvalue weighted by atomic mass is 16.4. The zero-order chi connectivity index (χ0) is 17.1. The smallest absolute Gasteiger partial charge is 0.339 e. The van der Waals surface area contributed by atoms with Crippen molar-refractivity contribution in [3.05, 3.63) is 53.9 Å². The van der Waals surface area contributed by atoms with Crippen molar-refractivity contribution < 1.29 is 9.90 Å². The maximum Gasteiger partial charge on any atom is 0.339 e. The summed E-state index contributed by atoms with van der Waals surface area (Å²) in [5.74, 6) is -0.598. The lowest BCUT2D eigenvalue weighted by atomic mass is 10.1. The van der Waals surface area contributed by atoms with E-state index in [1.807, 2.05) is 42.1 Å². The number of aromatic nitrogens is 2. The van der Waals surface area contributed by atoms with Gasteiger partial charge in [0.1, 0.15) is 11.4 Å². The Morgan fingerprint density at radius 1 is 1.29 bits per heavy atom. The summed E-state index contributed by atoms with van der Waals surface area (Å²) in [7, 11) is 1.98. The van der Waals surface area contributed by atoms with Gasteiger partial charge in [0.2, 0.25) is 0 Å². The first-order valence-electron chi connectivity index (χ1n) is 8.13. The van der Waals surface area contributed by atoms with Gasteiger partial charge < -0.3 is 15.0 Å². The van der Waals surface area contributed by atoms with Gasteiger partial charge in [-0.25, -0.2) is 9.78 Å². The van der Waals surface area contributed by atoms with Crippen molar-refractivity contribution >= 4 is 28.4 Å². The predicted octanol–water partition coefficient (Wildman–Crippen LogP) is 4.36. The number of carboxylic acids is 1. The van der Waals surface area contributed by atoms with Crippen molar-refractivity contribution in [1.29, 1.82) is 0 Å². The molecule has 3 aromatic rings. The van der Waals surface area contributed by atoms with Gasteiger partial charge in [-0.15, -0.1) is 0 Å². The van der Waals surface area contributed by atoms with E-state index in [9.17, 15) is 9.90 Å². The Balaban J connectivity index is 1.92. The maximum atomic E-state index is 11.6. The molecule has 5 nitrogen and oxygen atoms in total. The number of rotatable bonds is 6. The van der Waals surface area contributed by atoms with Gasteiger partial charge in [0.15, 0.2) is 0 Å². The van der Waals surface area contributed by atoms with E-state index in [-0.39, 0.29) is 5.56 Å². The number of hydrogen-bond donors (Lipinski definition) is 2. The molecule has 0 atom stereocenters. The summed E-state index contributed by atoms with van der Waals surface area (Å²) < 4.78 is 2.03. The van der Waals surface area contributed by atoms with Crippen LogP contribution in [0.5, 0.6) is 0 Å². The lowest BCUT2D eigenvalue weighted by Gasteiger charge is -2.11. The number of aromatic carboxylic acids is 1. The molecule has 0 aliphatic heterocycles. The molecule has 0 saturated carbocycles. The molecule has 2 heterocycles. The van der Waals surface area contributed by atoms with Crippen molar-refractivity contribution in [2.45, 2.75) is 26.2 Å². The van der Waals surface area contributed by atoms with Gasteiger partial charge in [-0.3, -0.25) is 0 Å². The lowest BCUT2D eigenvalue weighted by Crippen LogP contribution is -2.06. The minimum Gasteiger partial charge on any atom is -0.478 e. The van der Waals surface area contributed by atoms with Crippen molar-refractivity contribution in [2.75, 3.05) is 5.32 Å². The fourth-order valence-corrected chi connectivity index (χ4v) is 2.77. The van der Waals surface area contributed by atoms with Gasteiger partial charge in [0.25, 0.3) is 0 Å². The zero-order valence-electron chi connectivity index (χ0n) is 13.9. The Kier molecular flexibility index (Phi) is 4.51. The molecule has 0 aliphatic carbocycles. The van der Waals surface area contributed by atoms with Gasteiger partial charge in [-0.05, 0) is 48.1 Å². The largest absolute Gasteiger partial charge is 0.478 e. The van der Waals surface area contributed by atoms with Crippen LogP contribution in [0, 0.1) is 0 Å². The molecule has 0 fully saturated rings. The molecular formula is C19H21N3O2. The van der Waals surface area contributed by atoms with Crippen LogP contribution in [0.25, 0.3) is 10.9 Å². The van der Waals surface area contributed by atoms with Crippen LogP contribution in [0.4, 0.5) is 11.5 Å². The van der Waals surface area contributed by atoms with Crippen LogP contribution < -0.4 is 5.32 Å². The summed E-state index contributed by atoms with van der Waals surface area (Å²) in [6.45, 7) is 2.11. The van der Waals surface area contributed by atoms with E-state index in [2.05, 4.69) is 17.2 Å². The van der Waals surface area contributed by atoms with Crippen molar-refractivity contribution in [3.63, 3.8) is 0 Å². The molecule has 3 rings (SSSR count). The number of pyridine rings is 1. The third kappa shape index (κ3) is 3.25. The lowest BCUT2D eigenvalue weighted by molar-refractivity contribution is 0.0697. The van der Waals surface area contributed by atoms with Crippen LogP contribution in [-0.2, 0) is 13.5 Å². The second-order valence-electron chi connectivity index (χ2n) is 5.97. The number of hydrogen-bond acceptors (Lipinski definition) is 3. The van der Waals surface area contributed by atoms with Gasteiger partial charge >= 0.3 is 5.97 Å². The fourth-order valence-electron chi connectivity index (χ4n) is 2.77. The molecule has 24 heavy (non-hydrogen) atoms. The Labute approximate surface area is 141 Å². The molecule has 0 amide bonds. The van der Waals surface area contributed by atoms with Crippen LogP contribution in [-0.4, -0.2) is 20.6 Å². The first-order chi connectivity index (χ1) is 11.6. The third-order valence-corrected chi connectivity index (χ3v) is 4.14. The topological polar surface area (TPSA) is 67.2 Å². The molecule has 0 unspecified atom stereocenters. The molecule has 0 aliphatic rings. The van der Waals surface area contributed by atoms with E-state index in [0.717, 1.165) is 41.4 Å². The quantitative estimate of drug-likeness (QED) is 0.707. The Bertz CT molecular complexity index is 883. The number of unbranched alkanes of at least 4 members (excludes halogenated alkanes) is 1. The summed E-state index contributed by atoms with van der Waals surface area (Å²) in [4.78, 5) is 15.9. The number of nitrogens with one attached hydrogen (secondary N) is 1. The highest BCUT2D eigenvalue weighted by molar-refractivity contribution is 5.94. The highest BCUT2D eigenvalue weighted by Gasteiger charge is 2.13. The number of fused-ring (bicyclic) bond motifs is 1. The van der Waals surface area contributed by atoms with Gasteiger partial charge in [0.05, 0.1) is 0 Å². The van der Waals surface area contributed by atoms with E-state index in [0.29, 0.717) is 5.82 Å². The molecule has 1 aromatic carbocycles. The second-order valence-corrected chi connectivity index (χ2v) is 5.97. The van der Waals surface area contributed by atoms with Crippen LogP contribution >= 0.6 is 0 Å². The highest BCUT2D eigenvalue weighted by Crippen LogP contribution is 2.24. The van der Waals surface area contributed by atoms with E-state index < -0.39 is 5.97 Å². The average molecular weight is 323 g/mol.